The highest BCUT2D eigenvalue weighted by Gasteiger charge is 2.08. The van der Waals surface area contributed by atoms with E-state index < -0.39 is 0 Å². The zero-order chi connectivity index (χ0) is 17.4. The molecule has 2 rings (SSSR count). The van der Waals surface area contributed by atoms with Crippen LogP contribution in [0.15, 0.2) is 42.5 Å². The Labute approximate surface area is 144 Å². The van der Waals surface area contributed by atoms with E-state index in [1.165, 1.54) is 5.56 Å². The van der Waals surface area contributed by atoms with Gasteiger partial charge in [0.1, 0.15) is 5.75 Å². The predicted molar refractivity (Wildman–Crippen MR) is 98.6 cm³/mol. The number of benzene rings is 2. The van der Waals surface area contributed by atoms with Crippen LogP contribution in [0.3, 0.4) is 0 Å². The molecule has 0 radical (unpaired) electrons. The molecular formula is C20H26N2O2. The Bertz CT molecular complexity index is 666. The minimum atomic E-state index is -0.262. The number of carbonyl (C=O) groups is 1. The Morgan fingerprint density at radius 2 is 1.83 bits per heavy atom. The molecule has 0 aromatic heterocycles. The first-order valence-electron chi connectivity index (χ1n) is 8.49. The Morgan fingerprint density at radius 1 is 1.08 bits per heavy atom. The van der Waals surface area contributed by atoms with E-state index in [-0.39, 0.29) is 12.8 Å². The lowest BCUT2D eigenvalue weighted by molar-refractivity contribution is 0.234. The topological polar surface area (TPSA) is 50.4 Å². The number of hydrogen-bond acceptors (Lipinski definition) is 2. The lowest BCUT2D eigenvalue weighted by Gasteiger charge is -2.14. The van der Waals surface area contributed by atoms with Crippen molar-refractivity contribution in [2.24, 2.45) is 0 Å². The van der Waals surface area contributed by atoms with Crippen LogP contribution >= 0.6 is 0 Å². The van der Waals surface area contributed by atoms with E-state index in [9.17, 15) is 4.79 Å². The molecule has 0 aliphatic carbocycles. The van der Waals surface area contributed by atoms with Crippen LogP contribution in [0, 0.1) is 6.92 Å². The fourth-order valence-electron chi connectivity index (χ4n) is 2.59. The van der Waals surface area contributed by atoms with Crippen molar-refractivity contribution < 1.29 is 9.53 Å². The Kier molecular flexibility index (Phi) is 6.67. The highest BCUT2D eigenvalue weighted by atomic mass is 16.5. The molecular weight excluding hydrogens is 300 g/mol. The van der Waals surface area contributed by atoms with Crippen LogP contribution in [0.25, 0.3) is 0 Å². The number of nitrogens with one attached hydrogen (secondary N) is 2. The number of ether oxygens (including phenoxy) is 1. The smallest absolute Gasteiger partial charge is 0.321 e. The van der Waals surface area contributed by atoms with E-state index in [2.05, 4.69) is 36.6 Å². The average Bonchev–Trinajstić information content (AvgIpc) is 2.58. The monoisotopic (exact) mass is 326 g/mol. The predicted octanol–water partition coefficient (Wildman–Crippen LogP) is 4.67. The van der Waals surface area contributed by atoms with Gasteiger partial charge in [-0.3, -0.25) is 0 Å². The van der Waals surface area contributed by atoms with Crippen molar-refractivity contribution >= 4 is 11.7 Å². The average molecular weight is 326 g/mol. The van der Waals surface area contributed by atoms with Crippen molar-refractivity contribution in [2.45, 2.75) is 40.0 Å². The summed E-state index contributed by atoms with van der Waals surface area (Å²) in [5.41, 5.74) is 4.35. The largest absolute Gasteiger partial charge is 0.473 e. The second-order valence-electron chi connectivity index (χ2n) is 5.78. The molecule has 4 nitrogen and oxygen atoms in total. The molecule has 0 aliphatic rings. The first-order valence-corrected chi connectivity index (χ1v) is 8.49. The molecule has 128 valence electrons. The van der Waals surface area contributed by atoms with Gasteiger partial charge in [0.2, 0.25) is 0 Å². The van der Waals surface area contributed by atoms with Gasteiger partial charge in [0.25, 0.3) is 0 Å². The quantitative estimate of drug-likeness (QED) is 0.727. The van der Waals surface area contributed by atoms with Gasteiger partial charge in [-0.2, -0.15) is 0 Å². The van der Waals surface area contributed by atoms with Crippen molar-refractivity contribution in [3.63, 3.8) is 0 Å². The van der Waals surface area contributed by atoms with Crippen LogP contribution in [0.1, 0.15) is 37.0 Å². The minimum Gasteiger partial charge on any atom is -0.473 e. The third-order valence-corrected chi connectivity index (χ3v) is 3.91. The molecule has 2 N–H and O–H groups in total. The molecule has 0 aliphatic heterocycles. The van der Waals surface area contributed by atoms with Gasteiger partial charge in [0.05, 0.1) is 0 Å². The van der Waals surface area contributed by atoms with Crippen molar-refractivity contribution in [1.82, 2.24) is 5.32 Å². The number of carbonyl (C=O) groups excluding carboxylic acids is 1. The molecule has 2 amide bonds. The number of urea groups is 1. The van der Waals surface area contributed by atoms with Gasteiger partial charge >= 0.3 is 6.03 Å². The number of amides is 2. The lowest BCUT2D eigenvalue weighted by Crippen LogP contribution is -2.32. The normalized spacial score (nSPS) is 10.3. The Balaban J connectivity index is 1.83. The molecule has 0 fully saturated rings. The second-order valence-corrected chi connectivity index (χ2v) is 5.78. The summed E-state index contributed by atoms with van der Waals surface area (Å²) in [7, 11) is 0. The molecule has 4 heteroatoms. The van der Waals surface area contributed by atoms with Crippen LogP contribution in [0.4, 0.5) is 10.5 Å². The second kappa shape index (κ2) is 8.96. The fraction of sp³-hybridized carbons (Fsp3) is 0.350. The Hall–Kier alpha value is -2.49. The fourth-order valence-corrected chi connectivity index (χ4v) is 2.59. The zero-order valence-corrected chi connectivity index (χ0v) is 14.7. The zero-order valence-electron chi connectivity index (χ0n) is 14.7. The molecule has 2 aromatic rings. The highest BCUT2D eigenvalue weighted by molar-refractivity contribution is 5.90. The molecule has 0 saturated heterocycles. The minimum absolute atomic E-state index is 0.131. The summed E-state index contributed by atoms with van der Waals surface area (Å²) in [4.78, 5) is 12.1. The van der Waals surface area contributed by atoms with E-state index >= 15 is 0 Å². The summed E-state index contributed by atoms with van der Waals surface area (Å²) in [6, 6.07) is 13.7. The van der Waals surface area contributed by atoms with E-state index in [4.69, 9.17) is 4.74 Å². The van der Waals surface area contributed by atoms with E-state index in [0.717, 1.165) is 41.8 Å². The maximum atomic E-state index is 12.1. The number of aryl methyl sites for hydroxylation is 3. The third kappa shape index (κ3) is 5.01. The summed E-state index contributed by atoms with van der Waals surface area (Å²) in [6.07, 6.45) is 3.07. The van der Waals surface area contributed by atoms with Crippen molar-refractivity contribution in [2.75, 3.05) is 12.0 Å². The molecule has 0 heterocycles. The molecule has 2 aromatic carbocycles. The van der Waals surface area contributed by atoms with Gasteiger partial charge in [0.15, 0.2) is 6.73 Å². The summed E-state index contributed by atoms with van der Waals surface area (Å²) < 4.78 is 5.56. The van der Waals surface area contributed by atoms with E-state index in [0.29, 0.717) is 0 Å². The molecule has 0 saturated carbocycles. The molecule has 0 atom stereocenters. The number of anilines is 1. The number of para-hydroxylation sites is 1. The van der Waals surface area contributed by atoms with E-state index in [1.54, 1.807) is 0 Å². The van der Waals surface area contributed by atoms with E-state index in [1.807, 2.05) is 37.3 Å². The van der Waals surface area contributed by atoms with Gasteiger partial charge < -0.3 is 15.4 Å². The summed E-state index contributed by atoms with van der Waals surface area (Å²) in [5, 5.41) is 5.64. The summed E-state index contributed by atoms with van der Waals surface area (Å²) in [5.74, 6) is 0.750. The molecule has 0 bridgehead atoms. The van der Waals surface area contributed by atoms with Crippen LogP contribution in [-0.4, -0.2) is 12.8 Å². The standard InChI is InChI=1S/C20H26N2O2/c1-4-7-16-10-12-18(13-11-16)24-14-21-20(23)22-19-15(3)8-6-9-17(19)5-2/h6,8-13H,4-5,7,14H2,1-3H3,(H2,21,22,23). The van der Waals surface area contributed by atoms with Gasteiger partial charge in [-0.1, -0.05) is 50.6 Å². The maximum Gasteiger partial charge on any atom is 0.321 e. The molecule has 0 unspecified atom stereocenters. The van der Waals surface area contributed by atoms with Gasteiger partial charge in [-0.25, -0.2) is 4.79 Å². The number of hydrogen-bond donors (Lipinski definition) is 2. The number of rotatable bonds is 7. The van der Waals surface area contributed by atoms with Crippen molar-refractivity contribution in [3.05, 3.63) is 59.2 Å². The van der Waals surface area contributed by atoms with Crippen molar-refractivity contribution in [1.29, 1.82) is 0 Å². The lowest BCUT2D eigenvalue weighted by atomic mass is 10.1. The van der Waals surface area contributed by atoms with Gasteiger partial charge in [-0.15, -0.1) is 0 Å². The summed E-state index contributed by atoms with van der Waals surface area (Å²) in [6.45, 7) is 6.35. The van der Waals surface area contributed by atoms with Gasteiger partial charge in [0, 0.05) is 5.69 Å². The first kappa shape index (κ1) is 17.9. The maximum absolute atomic E-state index is 12.1. The van der Waals surface area contributed by atoms with Gasteiger partial charge in [-0.05, 0) is 48.6 Å². The SMILES string of the molecule is CCCc1ccc(OCNC(=O)Nc2c(C)cccc2CC)cc1. The first-order chi connectivity index (χ1) is 11.6. The van der Waals surface area contributed by atoms with Crippen molar-refractivity contribution in [3.8, 4) is 5.75 Å². The molecule has 24 heavy (non-hydrogen) atoms. The van der Waals surface area contributed by atoms with Crippen LogP contribution in [-0.2, 0) is 12.8 Å². The van der Waals surface area contributed by atoms with Crippen LogP contribution < -0.4 is 15.4 Å². The van der Waals surface area contributed by atoms with Crippen LogP contribution in [0.2, 0.25) is 0 Å². The summed E-state index contributed by atoms with van der Waals surface area (Å²) >= 11 is 0. The molecule has 0 spiro atoms. The third-order valence-electron chi connectivity index (χ3n) is 3.91. The highest BCUT2D eigenvalue weighted by Crippen LogP contribution is 2.20. The Morgan fingerprint density at radius 3 is 2.50 bits per heavy atom. The van der Waals surface area contributed by atoms with Crippen LogP contribution in [0.5, 0.6) is 5.75 Å².